The Labute approximate surface area is 132 Å². The normalized spacial score (nSPS) is 10.5. The predicted octanol–water partition coefficient (Wildman–Crippen LogP) is 3.70. The number of rotatable bonds is 5. The third-order valence-electron chi connectivity index (χ3n) is 3.14. The van der Waals surface area contributed by atoms with Gasteiger partial charge in [0.15, 0.2) is 0 Å². The van der Waals surface area contributed by atoms with Gasteiger partial charge in [-0.25, -0.2) is 4.98 Å². The van der Waals surface area contributed by atoms with E-state index in [1.54, 1.807) is 6.20 Å². The molecule has 0 atom stereocenters. The molecule has 0 unspecified atom stereocenters. The largest absolute Gasteiger partial charge is 0.379 e. The Balaban J connectivity index is 1.73. The van der Waals surface area contributed by atoms with Crippen LogP contribution in [0.2, 0.25) is 0 Å². The summed E-state index contributed by atoms with van der Waals surface area (Å²) in [4.78, 5) is 4.43. The van der Waals surface area contributed by atoms with Gasteiger partial charge in [0.1, 0.15) is 4.60 Å². The minimum absolute atomic E-state index is 0.690. The topological polar surface area (TPSA) is 42.7 Å². The van der Waals surface area contributed by atoms with Crippen LogP contribution in [0.4, 0.5) is 5.69 Å². The number of nitrogens with zero attached hydrogens (tertiary/aromatic N) is 3. The Bertz CT molecular complexity index is 710. The van der Waals surface area contributed by atoms with E-state index >= 15 is 0 Å². The Morgan fingerprint density at radius 3 is 2.76 bits per heavy atom. The molecule has 1 aromatic carbocycles. The second kappa shape index (κ2) is 6.54. The van der Waals surface area contributed by atoms with E-state index < -0.39 is 0 Å². The van der Waals surface area contributed by atoms with E-state index in [1.807, 2.05) is 47.3 Å². The van der Waals surface area contributed by atoms with E-state index in [0.717, 1.165) is 22.5 Å². The van der Waals surface area contributed by atoms with E-state index in [0.29, 0.717) is 6.54 Å². The van der Waals surface area contributed by atoms with Crippen molar-refractivity contribution in [2.24, 2.45) is 0 Å². The second-order valence-electron chi connectivity index (χ2n) is 4.67. The van der Waals surface area contributed by atoms with Crippen molar-refractivity contribution in [1.29, 1.82) is 0 Å². The molecule has 0 aliphatic heterocycles. The summed E-state index contributed by atoms with van der Waals surface area (Å²) in [5.41, 5.74) is 3.31. The van der Waals surface area contributed by atoms with Crippen LogP contribution in [-0.4, -0.2) is 14.8 Å². The van der Waals surface area contributed by atoms with Gasteiger partial charge in [-0.3, -0.25) is 4.68 Å². The number of pyridine rings is 1. The number of hydrogen-bond donors (Lipinski definition) is 1. The first kappa shape index (κ1) is 13.8. The fraction of sp³-hybridized carbons (Fsp3) is 0.125. The lowest BCUT2D eigenvalue weighted by molar-refractivity contribution is 0.687. The van der Waals surface area contributed by atoms with E-state index in [1.165, 1.54) is 5.56 Å². The number of benzene rings is 1. The molecule has 0 radical (unpaired) electrons. The van der Waals surface area contributed by atoms with Crippen LogP contribution in [0, 0.1) is 0 Å². The van der Waals surface area contributed by atoms with E-state index in [9.17, 15) is 0 Å². The zero-order chi connectivity index (χ0) is 14.5. The molecule has 0 aliphatic rings. The molecule has 1 N–H and O–H groups in total. The molecule has 0 spiro atoms. The number of hydrogen-bond acceptors (Lipinski definition) is 3. The number of aromatic nitrogens is 3. The highest BCUT2D eigenvalue weighted by molar-refractivity contribution is 9.10. The van der Waals surface area contributed by atoms with Crippen molar-refractivity contribution in [1.82, 2.24) is 14.8 Å². The maximum Gasteiger partial charge on any atom is 0.106 e. The highest BCUT2D eigenvalue weighted by Crippen LogP contribution is 2.17. The molecule has 3 rings (SSSR count). The fourth-order valence-corrected chi connectivity index (χ4v) is 2.51. The smallest absolute Gasteiger partial charge is 0.106 e. The van der Waals surface area contributed by atoms with Crippen LogP contribution in [-0.2, 0) is 13.1 Å². The van der Waals surface area contributed by atoms with Gasteiger partial charge < -0.3 is 5.32 Å². The monoisotopic (exact) mass is 342 g/mol. The van der Waals surface area contributed by atoms with Crippen LogP contribution in [0.15, 0.2) is 65.5 Å². The molecule has 5 heteroatoms. The minimum Gasteiger partial charge on any atom is -0.379 e. The van der Waals surface area contributed by atoms with Gasteiger partial charge in [0.2, 0.25) is 0 Å². The zero-order valence-corrected chi connectivity index (χ0v) is 13.0. The van der Waals surface area contributed by atoms with Gasteiger partial charge in [0, 0.05) is 18.1 Å². The molecular weight excluding hydrogens is 328 g/mol. The number of para-hydroxylation sites is 1. The molecule has 0 bridgehead atoms. The van der Waals surface area contributed by atoms with Crippen molar-refractivity contribution in [2.45, 2.75) is 13.1 Å². The van der Waals surface area contributed by atoms with Gasteiger partial charge in [0.25, 0.3) is 0 Å². The third-order valence-corrected chi connectivity index (χ3v) is 3.58. The molecule has 4 nitrogen and oxygen atoms in total. The van der Waals surface area contributed by atoms with E-state index in [2.05, 4.69) is 43.5 Å². The Morgan fingerprint density at radius 1 is 1.05 bits per heavy atom. The first-order chi connectivity index (χ1) is 10.3. The minimum atomic E-state index is 0.690. The van der Waals surface area contributed by atoms with Gasteiger partial charge in [-0.05, 0) is 45.8 Å². The molecule has 0 saturated heterocycles. The summed E-state index contributed by atoms with van der Waals surface area (Å²) in [5, 5.41) is 7.70. The van der Waals surface area contributed by atoms with Crippen molar-refractivity contribution in [2.75, 3.05) is 5.32 Å². The van der Waals surface area contributed by atoms with Gasteiger partial charge in [-0.15, -0.1) is 0 Å². The van der Waals surface area contributed by atoms with Crippen molar-refractivity contribution in [3.05, 3.63) is 76.8 Å². The van der Waals surface area contributed by atoms with Crippen LogP contribution in [0.3, 0.4) is 0 Å². The number of halogens is 1. The fourth-order valence-electron chi connectivity index (χ4n) is 2.13. The van der Waals surface area contributed by atoms with Crippen molar-refractivity contribution < 1.29 is 0 Å². The highest BCUT2D eigenvalue weighted by atomic mass is 79.9. The molecule has 0 amide bonds. The first-order valence-corrected chi connectivity index (χ1v) is 7.51. The summed E-state index contributed by atoms with van der Waals surface area (Å²) in [6.45, 7) is 1.44. The summed E-state index contributed by atoms with van der Waals surface area (Å²) in [6, 6.07) is 16.1. The van der Waals surface area contributed by atoms with E-state index in [4.69, 9.17) is 0 Å². The Hall–Kier alpha value is -2.14. The molecule has 0 aliphatic carbocycles. The highest BCUT2D eigenvalue weighted by Gasteiger charge is 2.03. The zero-order valence-electron chi connectivity index (χ0n) is 11.4. The van der Waals surface area contributed by atoms with Crippen molar-refractivity contribution >= 4 is 21.6 Å². The van der Waals surface area contributed by atoms with E-state index in [-0.39, 0.29) is 0 Å². The maximum absolute atomic E-state index is 4.43. The van der Waals surface area contributed by atoms with Crippen LogP contribution >= 0.6 is 15.9 Å². The lowest BCUT2D eigenvalue weighted by Gasteiger charge is -2.12. The summed E-state index contributed by atoms with van der Waals surface area (Å²) in [7, 11) is 0. The average molecular weight is 343 g/mol. The van der Waals surface area contributed by atoms with Crippen LogP contribution < -0.4 is 5.32 Å². The molecular formula is C16H15BrN4. The molecule has 3 aromatic rings. The summed E-state index contributed by atoms with van der Waals surface area (Å²) >= 11 is 3.39. The Morgan fingerprint density at radius 2 is 1.95 bits per heavy atom. The standard InChI is InChI=1S/C16H15BrN4/c17-16-8-3-6-14(20-16)11-18-15-7-2-1-5-13(15)12-21-10-4-9-19-21/h1-10,18H,11-12H2. The Kier molecular flexibility index (Phi) is 4.31. The van der Waals surface area contributed by atoms with Crippen LogP contribution in [0.25, 0.3) is 0 Å². The van der Waals surface area contributed by atoms with Crippen LogP contribution in [0.5, 0.6) is 0 Å². The molecule has 2 heterocycles. The summed E-state index contributed by atoms with van der Waals surface area (Å²) in [6.07, 6.45) is 3.76. The summed E-state index contributed by atoms with van der Waals surface area (Å²) in [5.74, 6) is 0. The van der Waals surface area contributed by atoms with Gasteiger partial charge in [0.05, 0.1) is 18.8 Å². The van der Waals surface area contributed by atoms with Crippen molar-refractivity contribution in [3.8, 4) is 0 Å². The third kappa shape index (κ3) is 3.70. The quantitative estimate of drug-likeness (QED) is 0.719. The van der Waals surface area contributed by atoms with Gasteiger partial charge >= 0.3 is 0 Å². The molecule has 0 fully saturated rings. The SMILES string of the molecule is Brc1cccc(CNc2ccccc2Cn2cccn2)n1. The predicted molar refractivity (Wildman–Crippen MR) is 87.0 cm³/mol. The van der Waals surface area contributed by atoms with Crippen LogP contribution in [0.1, 0.15) is 11.3 Å². The molecule has 0 saturated carbocycles. The summed E-state index contributed by atoms with van der Waals surface area (Å²) < 4.78 is 2.77. The lowest BCUT2D eigenvalue weighted by Crippen LogP contribution is -2.07. The number of anilines is 1. The molecule has 106 valence electrons. The van der Waals surface area contributed by atoms with Gasteiger partial charge in [-0.2, -0.15) is 5.10 Å². The van der Waals surface area contributed by atoms with Gasteiger partial charge in [-0.1, -0.05) is 24.3 Å². The number of nitrogens with one attached hydrogen (secondary N) is 1. The average Bonchev–Trinajstić information content (AvgIpc) is 2.99. The van der Waals surface area contributed by atoms with Crippen molar-refractivity contribution in [3.63, 3.8) is 0 Å². The first-order valence-electron chi connectivity index (χ1n) is 6.72. The maximum atomic E-state index is 4.43. The lowest BCUT2D eigenvalue weighted by atomic mass is 10.1. The second-order valence-corrected chi connectivity index (χ2v) is 5.48. The molecule has 2 aromatic heterocycles. The molecule has 21 heavy (non-hydrogen) atoms.